The van der Waals surface area contributed by atoms with Crippen LogP contribution in [-0.2, 0) is 4.79 Å². The van der Waals surface area contributed by atoms with Crippen LogP contribution >= 0.6 is 0 Å². The largest absolute Gasteiger partial charge is 0.480 e. The van der Waals surface area contributed by atoms with E-state index in [0.717, 1.165) is 5.69 Å². The molecule has 0 aliphatic rings. The van der Waals surface area contributed by atoms with Crippen molar-refractivity contribution in [2.45, 2.75) is 19.4 Å². The Hall–Kier alpha value is -2.70. The van der Waals surface area contributed by atoms with Gasteiger partial charge in [0, 0.05) is 0 Å². The van der Waals surface area contributed by atoms with Gasteiger partial charge in [0.2, 0.25) is 0 Å². The Balaban J connectivity index is 2.13. The van der Waals surface area contributed by atoms with Gasteiger partial charge in [0.1, 0.15) is 6.04 Å². The Kier molecular flexibility index (Phi) is 4.09. The Morgan fingerprint density at radius 1 is 1.35 bits per heavy atom. The summed E-state index contributed by atoms with van der Waals surface area (Å²) in [6.07, 6.45) is 1.60. The monoisotopic (exact) mass is 274 g/mol. The van der Waals surface area contributed by atoms with Crippen LogP contribution in [0, 0.1) is 0 Å². The molecule has 1 aromatic heterocycles. The van der Waals surface area contributed by atoms with E-state index in [1.807, 2.05) is 18.2 Å². The zero-order valence-electron chi connectivity index (χ0n) is 10.9. The van der Waals surface area contributed by atoms with E-state index in [-0.39, 0.29) is 5.69 Å². The van der Waals surface area contributed by atoms with Gasteiger partial charge >= 0.3 is 5.97 Å². The second-order valence-electron chi connectivity index (χ2n) is 4.13. The third kappa shape index (κ3) is 3.00. The molecule has 0 bridgehead atoms. The van der Waals surface area contributed by atoms with Crippen LogP contribution in [0.3, 0.4) is 0 Å². The molecule has 7 heteroatoms. The molecule has 20 heavy (non-hydrogen) atoms. The molecule has 104 valence electrons. The number of nitrogens with zero attached hydrogens (tertiary/aromatic N) is 3. The number of carboxylic acids is 1. The van der Waals surface area contributed by atoms with Crippen molar-refractivity contribution < 1.29 is 14.7 Å². The molecule has 1 heterocycles. The number of nitrogens with one attached hydrogen (secondary N) is 1. The van der Waals surface area contributed by atoms with Gasteiger partial charge in [-0.15, -0.1) is 5.10 Å². The predicted octanol–water partition coefficient (Wildman–Crippen LogP) is 0.860. The topological polar surface area (TPSA) is 97.1 Å². The lowest BCUT2D eigenvalue weighted by Crippen LogP contribution is -2.40. The van der Waals surface area contributed by atoms with Crippen LogP contribution in [0.5, 0.6) is 0 Å². The molecule has 0 saturated heterocycles. The van der Waals surface area contributed by atoms with Crippen LogP contribution in [0.1, 0.15) is 23.8 Å². The maximum Gasteiger partial charge on any atom is 0.326 e. The first-order valence-electron chi connectivity index (χ1n) is 6.13. The first-order chi connectivity index (χ1) is 9.61. The van der Waals surface area contributed by atoms with Gasteiger partial charge in [-0.25, -0.2) is 4.79 Å². The van der Waals surface area contributed by atoms with E-state index in [1.54, 1.807) is 19.1 Å². The maximum atomic E-state index is 11.9. The quantitative estimate of drug-likeness (QED) is 0.842. The lowest BCUT2D eigenvalue weighted by Gasteiger charge is -2.10. The van der Waals surface area contributed by atoms with E-state index in [1.165, 1.54) is 11.0 Å². The summed E-state index contributed by atoms with van der Waals surface area (Å²) < 4.78 is 0. The SMILES string of the molecule is CC[C@@H](NC(=O)c1cnn(-c2ccccc2)n1)C(=O)O. The fraction of sp³-hybridized carbons (Fsp3) is 0.231. The predicted molar refractivity (Wildman–Crippen MR) is 70.5 cm³/mol. The third-order valence-corrected chi connectivity index (χ3v) is 2.72. The summed E-state index contributed by atoms with van der Waals surface area (Å²) in [5, 5.41) is 19.3. The molecule has 1 amide bonds. The van der Waals surface area contributed by atoms with E-state index in [2.05, 4.69) is 15.5 Å². The molecule has 0 saturated carbocycles. The van der Waals surface area contributed by atoms with Gasteiger partial charge in [0.05, 0.1) is 11.9 Å². The fourth-order valence-electron chi connectivity index (χ4n) is 1.62. The number of aliphatic carboxylic acids is 1. The number of rotatable bonds is 5. The summed E-state index contributed by atoms with van der Waals surface area (Å²) >= 11 is 0. The van der Waals surface area contributed by atoms with Crippen LogP contribution in [0.2, 0.25) is 0 Å². The summed E-state index contributed by atoms with van der Waals surface area (Å²) in [7, 11) is 0. The molecule has 0 aliphatic carbocycles. The van der Waals surface area contributed by atoms with Crippen molar-refractivity contribution in [1.29, 1.82) is 0 Å². The first-order valence-corrected chi connectivity index (χ1v) is 6.13. The van der Waals surface area contributed by atoms with E-state index in [9.17, 15) is 9.59 Å². The molecule has 0 fully saturated rings. The van der Waals surface area contributed by atoms with Crippen molar-refractivity contribution in [2.24, 2.45) is 0 Å². The molecule has 0 spiro atoms. The van der Waals surface area contributed by atoms with Gasteiger partial charge in [-0.3, -0.25) is 4.79 Å². The normalized spacial score (nSPS) is 11.8. The van der Waals surface area contributed by atoms with E-state index in [0.29, 0.717) is 6.42 Å². The van der Waals surface area contributed by atoms with Crippen LogP contribution < -0.4 is 5.32 Å². The van der Waals surface area contributed by atoms with Crippen molar-refractivity contribution in [2.75, 3.05) is 0 Å². The highest BCUT2D eigenvalue weighted by molar-refractivity contribution is 5.94. The van der Waals surface area contributed by atoms with Crippen molar-refractivity contribution in [3.05, 3.63) is 42.2 Å². The number of hydrogen-bond donors (Lipinski definition) is 2. The van der Waals surface area contributed by atoms with Gasteiger partial charge in [-0.2, -0.15) is 9.90 Å². The molecule has 0 unspecified atom stereocenters. The van der Waals surface area contributed by atoms with E-state index < -0.39 is 17.9 Å². The van der Waals surface area contributed by atoms with Gasteiger partial charge in [0.15, 0.2) is 5.69 Å². The minimum Gasteiger partial charge on any atom is -0.480 e. The van der Waals surface area contributed by atoms with Crippen LogP contribution in [0.15, 0.2) is 36.5 Å². The smallest absolute Gasteiger partial charge is 0.326 e. The minimum absolute atomic E-state index is 0.0774. The Morgan fingerprint density at radius 2 is 2.05 bits per heavy atom. The number of carbonyl (C=O) groups is 2. The van der Waals surface area contributed by atoms with Crippen molar-refractivity contribution >= 4 is 11.9 Å². The minimum atomic E-state index is -1.07. The Labute approximate surface area is 115 Å². The highest BCUT2D eigenvalue weighted by atomic mass is 16.4. The average Bonchev–Trinajstić information content (AvgIpc) is 2.95. The molecular weight excluding hydrogens is 260 g/mol. The zero-order chi connectivity index (χ0) is 14.5. The molecule has 0 radical (unpaired) electrons. The highest BCUT2D eigenvalue weighted by Gasteiger charge is 2.20. The summed E-state index contributed by atoms with van der Waals surface area (Å²) in [5.74, 6) is -1.63. The first kappa shape index (κ1) is 13.7. The van der Waals surface area contributed by atoms with Gasteiger partial charge < -0.3 is 10.4 Å². The Bertz CT molecular complexity index is 609. The molecule has 2 aromatic rings. The lowest BCUT2D eigenvalue weighted by atomic mass is 10.2. The summed E-state index contributed by atoms with van der Waals surface area (Å²) in [6, 6.07) is 8.19. The van der Waals surface area contributed by atoms with Crippen LogP contribution in [0.25, 0.3) is 5.69 Å². The number of carboxylic acid groups (broad SMARTS) is 1. The van der Waals surface area contributed by atoms with Gasteiger partial charge in [-0.1, -0.05) is 25.1 Å². The van der Waals surface area contributed by atoms with Crippen LogP contribution in [0.4, 0.5) is 0 Å². The maximum absolute atomic E-state index is 11.9. The molecule has 2 N–H and O–H groups in total. The molecule has 1 aromatic carbocycles. The van der Waals surface area contributed by atoms with E-state index >= 15 is 0 Å². The molecule has 7 nitrogen and oxygen atoms in total. The lowest BCUT2D eigenvalue weighted by molar-refractivity contribution is -0.139. The second-order valence-corrected chi connectivity index (χ2v) is 4.13. The Morgan fingerprint density at radius 3 is 2.65 bits per heavy atom. The van der Waals surface area contributed by atoms with Crippen molar-refractivity contribution in [1.82, 2.24) is 20.3 Å². The summed E-state index contributed by atoms with van der Waals surface area (Å²) in [6.45, 7) is 1.68. The van der Waals surface area contributed by atoms with Crippen molar-refractivity contribution in [3.8, 4) is 5.69 Å². The highest BCUT2D eigenvalue weighted by Crippen LogP contribution is 2.04. The molecular formula is C13H14N4O3. The molecule has 0 aliphatic heterocycles. The molecule has 2 rings (SSSR count). The van der Waals surface area contributed by atoms with Crippen LogP contribution in [-0.4, -0.2) is 38.0 Å². The second kappa shape index (κ2) is 5.96. The third-order valence-electron chi connectivity index (χ3n) is 2.72. The van der Waals surface area contributed by atoms with E-state index in [4.69, 9.17) is 5.11 Å². The summed E-state index contributed by atoms with van der Waals surface area (Å²) in [5.41, 5.74) is 0.797. The zero-order valence-corrected chi connectivity index (χ0v) is 10.9. The van der Waals surface area contributed by atoms with Crippen molar-refractivity contribution in [3.63, 3.8) is 0 Å². The number of benzene rings is 1. The number of hydrogen-bond acceptors (Lipinski definition) is 4. The standard InChI is InChI=1S/C13H14N4O3/c1-2-10(13(19)20)15-12(18)11-8-14-17(16-11)9-6-4-3-5-7-9/h3-8,10H,2H2,1H3,(H,15,18)(H,19,20)/t10-/m1/s1. The molecule has 1 atom stereocenters. The number of amides is 1. The summed E-state index contributed by atoms with van der Waals surface area (Å²) in [4.78, 5) is 24.1. The van der Waals surface area contributed by atoms with Gasteiger partial charge in [-0.05, 0) is 18.6 Å². The fourth-order valence-corrected chi connectivity index (χ4v) is 1.62. The van der Waals surface area contributed by atoms with Gasteiger partial charge in [0.25, 0.3) is 5.91 Å². The number of para-hydroxylation sites is 1. The average molecular weight is 274 g/mol. The number of carbonyl (C=O) groups excluding carboxylic acids is 1. The number of aromatic nitrogens is 3.